The van der Waals surface area contributed by atoms with Crippen molar-refractivity contribution in [2.75, 3.05) is 26.8 Å². The zero-order chi connectivity index (χ0) is 17.4. The van der Waals surface area contributed by atoms with Crippen LogP contribution in [-0.2, 0) is 4.74 Å². The van der Waals surface area contributed by atoms with Crippen LogP contribution in [0.2, 0.25) is 0 Å². The van der Waals surface area contributed by atoms with Crippen LogP contribution in [0.5, 0.6) is 5.75 Å². The first-order valence-electron chi connectivity index (χ1n) is 8.03. The minimum absolute atomic E-state index is 0.0480. The molecule has 8 heteroatoms. The smallest absolute Gasteiger partial charge is 0.410 e. The summed E-state index contributed by atoms with van der Waals surface area (Å²) in [6.45, 7) is 2.16. The van der Waals surface area contributed by atoms with Crippen molar-refractivity contribution in [2.45, 2.75) is 25.3 Å². The van der Waals surface area contributed by atoms with Gasteiger partial charge in [0.1, 0.15) is 5.75 Å². The number of nitrogens with one attached hydrogen (secondary N) is 2. The Labute approximate surface area is 140 Å². The Kier molecular flexibility index (Phi) is 6.95. The van der Waals surface area contributed by atoms with Gasteiger partial charge >= 0.3 is 6.09 Å². The van der Waals surface area contributed by atoms with Gasteiger partial charge in [0.05, 0.1) is 4.92 Å². The molecule has 132 valence electrons. The molecule has 1 aliphatic rings. The molecule has 2 rings (SSSR count). The number of benzene rings is 1. The molecule has 1 fully saturated rings. The maximum atomic E-state index is 12.0. The van der Waals surface area contributed by atoms with Crippen molar-refractivity contribution >= 4 is 11.8 Å². The Morgan fingerprint density at radius 1 is 1.46 bits per heavy atom. The minimum atomic E-state index is -0.569. The minimum Gasteiger partial charge on any atom is -0.410 e. The van der Waals surface area contributed by atoms with E-state index in [-0.39, 0.29) is 17.5 Å². The van der Waals surface area contributed by atoms with Crippen molar-refractivity contribution in [2.24, 2.45) is 5.92 Å². The number of rotatable bonds is 7. The van der Waals surface area contributed by atoms with Crippen LogP contribution in [0.3, 0.4) is 0 Å². The Hall–Kier alpha value is -2.19. The van der Waals surface area contributed by atoms with Gasteiger partial charge in [-0.3, -0.25) is 10.1 Å². The molecule has 1 saturated heterocycles. The number of carbonyl (C=O) groups excluding carboxylic acids is 1. The zero-order valence-corrected chi connectivity index (χ0v) is 13.7. The maximum Gasteiger partial charge on any atom is 0.412 e. The second-order valence-corrected chi connectivity index (χ2v) is 5.86. The van der Waals surface area contributed by atoms with E-state index in [1.54, 1.807) is 0 Å². The van der Waals surface area contributed by atoms with Gasteiger partial charge in [-0.25, -0.2) is 4.79 Å². The van der Waals surface area contributed by atoms with Gasteiger partial charge < -0.3 is 20.1 Å². The van der Waals surface area contributed by atoms with Gasteiger partial charge in [-0.05, 0) is 44.4 Å². The third-order valence-electron chi connectivity index (χ3n) is 3.90. The van der Waals surface area contributed by atoms with Gasteiger partial charge in [-0.1, -0.05) is 0 Å². The number of likely N-dealkylation sites (N-methyl/N-ethyl adjacent to an activating group) is 1. The summed E-state index contributed by atoms with van der Waals surface area (Å²) >= 11 is 0. The molecule has 0 bridgehead atoms. The van der Waals surface area contributed by atoms with E-state index in [4.69, 9.17) is 9.47 Å². The fourth-order valence-electron chi connectivity index (χ4n) is 2.77. The van der Waals surface area contributed by atoms with E-state index in [1.165, 1.54) is 24.3 Å². The van der Waals surface area contributed by atoms with Crippen molar-refractivity contribution in [1.29, 1.82) is 0 Å². The lowest BCUT2D eigenvalue weighted by molar-refractivity contribution is -0.384. The van der Waals surface area contributed by atoms with Gasteiger partial charge in [0.2, 0.25) is 0 Å². The third kappa shape index (κ3) is 5.78. The lowest BCUT2D eigenvalue weighted by Gasteiger charge is -2.27. The molecule has 1 heterocycles. The first-order chi connectivity index (χ1) is 11.6. The van der Waals surface area contributed by atoms with Crippen LogP contribution in [0.4, 0.5) is 10.5 Å². The summed E-state index contributed by atoms with van der Waals surface area (Å²) in [5.74, 6) is 0.694. The average molecular weight is 337 g/mol. The highest BCUT2D eigenvalue weighted by molar-refractivity contribution is 5.70. The lowest BCUT2D eigenvalue weighted by atomic mass is 9.94. The zero-order valence-electron chi connectivity index (χ0n) is 13.7. The number of amides is 1. The van der Waals surface area contributed by atoms with Crippen LogP contribution >= 0.6 is 0 Å². The van der Waals surface area contributed by atoms with Crippen LogP contribution in [0.15, 0.2) is 24.3 Å². The Bertz CT molecular complexity index is 543. The molecule has 8 nitrogen and oxygen atoms in total. The number of nitro benzene ring substituents is 1. The second kappa shape index (κ2) is 9.19. The molecule has 24 heavy (non-hydrogen) atoms. The van der Waals surface area contributed by atoms with Crippen LogP contribution in [0.1, 0.15) is 19.3 Å². The summed E-state index contributed by atoms with van der Waals surface area (Å²) in [7, 11) is 1.83. The monoisotopic (exact) mass is 337 g/mol. The number of nitro groups is 1. The summed E-state index contributed by atoms with van der Waals surface area (Å²) in [6.07, 6.45) is 2.39. The van der Waals surface area contributed by atoms with E-state index in [9.17, 15) is 14.9 Å². The van der Waals surface area contributed by atoms with Crippen LogP contribution < -0.4 is 15.4 Å². The molecule has 2 N–H and O–H groups in total. The first kappa shape index (κ1) is 18.2. The molecule has 2 atom stereocenters. The number of carbonyl (C=O) groups is 1. The van der Waals surface area contributed by atoms with Crippen molar-refractivity contribution < 1.29 is 19.2 Å². The quantitative estimate of drug-likeness (QED) is 0.583. The van der Waals surface area contributed by atoms with Crippen molar-refractivity contribution in [3.05, 3.63) is 34.4 Å². The van der Waals surface area contributed by atoms with Crippen LogP contribution in [0.25, 0.3) is 0 Å². The summed E-state index contributed by atoms with van der Waals surface area (Å²) < 4.78 is 10.7. The Balaban J connectivity index is 1.85. The maximum absolute atomic E-state index is 12.0. The van der Waals surface area contributed by atoms with Gasteiger partial charge in [-0.15, -0.1) is 0 Å². The molecule has 1 aliphatic heterocycles. The number of hydrogen-bond acceptors (Lipinski definition) is 6. The molecule has 0 saturated carbocycles. The third-order valence-corrected chi connectivity index (χ3v) is 3.90. The standard InChI is InChI=1S/C16H23N3O5/c1-17-10-13(9-12-3-2-8-23-11-12)18-16(20)24-15-6-4-14(5-7-15)19(21)22/h4-7,12-13,17H,2-3,8-11H2,1H3,(H,18,20)/t12-,13+/m1/s1. The predicted molar refractivity (Wildman–Crippen MR) is 88.1 cm³/mol. The van der Waals surface area contributed by atoms with Crippen molar-refractivity contribution in [3.8, 4) is 5.75 Å². The largest absolute Gasteiger partial charge is 0.412 e. The van der Waals surface area contributed by atoms with Crippen LogP contribution in [-0.4, -0.2) is 43.9 Å². The van der Waals surface area contributed by atoms with E-state index in [0.717, 1.165) is 32.5 Å². The number of non-ortho nitro benzene ring substituents is 1. The number of hydrogen-bond donors (Lipinski definition) is 2. The fourth-order valence-corrected chi connectivity index (χ4v) is 2.77. The van der Waals surface area contributed by atoms with E-state index in [0.29, 0.717) is 12.5 Å². The topological polar surface area (TPSA) is 103 Å². The Morgan fingerprint density at radius 2 is 2.21 bits per heavy atom. The van der Waals surface area contributed by atoms with Crippen molar-refractivity contribution in [1.82, 2.24) is 10.6 Å². The fraction of sp³-hybridized carbons (Fsp3) is 0.562. The van der Waals surface area contributed by atoms with E-state index in [2.05, 4.69) is 10.6 Å². The molecule has 0 unspecified atom stereocenters. The van der Waals surface area contributed by atoms with Gasteiger partial charge in [-0.2, -0.15) is 0 Å². The normalized spacial score (nSPS) is 18.6. The van der Waals surface area contributed by atoms with Crippen LogP contribution in [0, 0.1) is 16.0 Å². The highest BCUT2D eigenvalue weighted by Gasteiger charge is 2.21. The second-order valence-electron chi connectivity index (χ2n) is 5.86. The SMILES string of the molecule is CNC[C@H](C[C@H]1CCCOC1)NC(=O)Oc1ccc([N+](=O)[O-])cc1. The Morgan fingerprint density at radius 3 is 2.79 bits per heavy atom. The summed E-state index contributed by atoms with van der Waals surface area (Å²) in [5, 5.41) is 16.5. The molecule has 0 aliphatic carbocycles. The van der Waals surface area contributed by atoms with Gasteiger partial charge in [0.15, 0.2) is 0 Å². The first-order valence-corrected chi connectivity index (χ1v) is 8.03. The molecule has 0 spiro atoms. The van der Waals surface area contributed by atoms with Gasteiger partial charge in [0.25, 0.3) is 5.69 Å². The van der Waals surface area contributed by atoms with Gasteiger partial charge in [0, 0.05) is 37.9 Å². The predicted octanol–water partition coefficient (Wildman–Crippen LogP) is 2.09. The molecular formula is C16H23N3O5. The molecule has 1 aromatic carbocycles. The molecule has 1 amide bonds. The summed E-state index contributed by atoms with van der Waals surface area (Å²) in [6, 6.07) is 5.34. The number of ether oxygens (including phenoxy) is 2. The molecule has 0 aromatic heterocycles. The number of nitrogens with zero attached hydrogens (tertiary/aromatic N) is 1. The van der Waals surface area contributed by atoms with Crippen molar-refractivity contribution in [3.63, 3.8) is 0 Å². The van der Waals surface area contributed by atoms with E-state index >= 15 is 0 Å². The lowest BCUT2D eigenvalue weighted by Crippen LogP contribution is -2.44. The highest BCUT2D eigenvalue weighted by atomic mass is 16.6. The van der Waals surface area contributed by atoms with E-state index < -0.39 is 11.0 Å². The molecule has 0 radical (unpaired) electrons. The molecule has 1 aromatic rings. The summed E-state index contributed by atoms with van der Waals surface area (Å²) in [4.78, 5) is 22.1. The summed E-state index contributed by atoms with van der Waals surface area (Å²) in [5.41, 5.74) is -0.0480. The molecular weight excluding hydrogens is 314 g/mol. The van der Waals surface area contributed by atoms with E-state index in [1.807, 2.05) is 7.05 Å². The average Bonchev–Trinajstić information content (AvgIpc) is 2.56. The highest BCUT2D eigenvalue weighted by Crippen LogP contribution is 2.20.